The molecular formula is C16H21ClN2O. The summed E-state index contributed by atoms with van der Waals surface area (Å²) in [6.07, 6.45) is 0. The van der Waals surface area contributed by atoms with Crippen molar-refractivity contribution in [2.75, 3.05) is 7.05 Å². The van der Waals surface area contributed by atoms with Crippen LogP contribution in [0.3, 0.4) is 0 Å². The molecule has 0 amide bonds. The molecule has 20 heavy (non-hydrogen) atoms. The summed E-state index contributed by atoms with van der Waals surface area (Å²) in [5.74, 6) is 1.81. The van der Waals surface area contributed by atoms with Crippen LogP contribution in [0.5, 0.6) is 0 Å². The summed E-state index contributed by atoms with van der Waals surface area (Å²) in [4.78, 5) is 2.23. The maximum Gasteiger partial charge on any atom is 0.120 e. The SMILES string of the molecule is Cc1cc(CN(C)C(C)c2cccc(Cl)c2)oc1CN. The zero-order valence-corrected chi connectivity index (χ0v) is 12.9. The molecule has 108 valence electrons. The lowest BCUT2D eigenvalue weighted by Gasteiger charge is -2.24. The molecule has 1 aromatic carbocycles. The van der Waals surface area contributed by atoms with Crippen LogP contribution in [-0.4, -0.2) is 11.9 Å². The van der Waals surface area contributed by atoms with Crippen LogP contribution in [-0.2, 0) is 13.1 Å². The third-order valence-corrected chi connectivity index (χ3v) is 3.89. The third kappa shape index (κ3) is 3.42. The Balaban J connectivity index is 2.08. The number of furan rings is 1. The van der Waals surface area contributed by atoms with Gasteiger partial charge in [-0.1, -0.05) is 23.7 Å². The van der Waals surface area contributed by atoms with Gasteiger partial charge in [-0.25, -0.2) is 0 Å². The topological polar surface area (TPSA) is 42.4 Å². The van der Waals surface area contributed by atoms with Gasteiger partial charge in [0.2, 0.25) is 0 Å². The second-order valence-electron chi connectivity index (χ2n) is 5.17. The normalized spacial score (nSPS) is 12.9. The Morgan fingerprint density at radius 2 is 2.10 bits per heavy atom. The predicted octanol–water partition coefficient (Wildman–Crippen LogP) is 3.89. The van der Waals surface area contributed by atoms with Crippen LogP contribution in [0.2, 0.25) is 5.02 Å². The molecule has 0 saturated heterocycles. The molecule has 1 atom stereocenters. The summed E-state index contributed by atoms with van der Waals surface area (Å²) in [7, 11) is 2.07. The Bertz CT molecular complexity index is 580. The van der Waals surface area contributed by atoms with Gasteiger partial charge < -0.3 is 10.2 Å². The van der Waals surface area contributed by atoms with E-state index >= 15 is 0 Å². The molecule has 4 heteroatoms. The largest absolute Gasteiger partial charge is 0.463 e. The van der Waals surface area contributed by atoms with Crippen molar-refractivity contribution in [1.29, 1.82) is 0 Å². The molecule has 0 radical (unpaired) electrons. The van der Waals surface area contributed by atoms with E-state index in [0.717, 1.165) is 28.7 Å². The highest BCUT2D eigenvalue weighted by atomic mass is 35.5. The second-order valence-corrected chi connectivity index (χ2v) is 5.61. The fourth-order valence-electron chi connectivity index (χ4n) is 2.27. The van der Waals surface area contributed by atoms with Crippen molar-refractivity contribution in [1.82, 2.24) is 4.90 Å². The lowest BCUT2D eigenvalue weighted by Crippen LogP contribution is -2.21. The Morgan fingerprint density at radius 3 is 2.70 bits per heavy atom. The maximum absolute atomic E-state index is 6.05. The maximum atomic E-state index is 6.05. The summed E-state index contributed by atoms with van der Waals surface area (Å²) in [6, 6.07) is 10.3. The summed E-state index contributed by atoms with van der Waals surface area (Å²) in [5.41, 5.74) is 7.95. The minimum atomic E-state index is 0.264. The van der Waals surface area contributed by atoms with E-state index < -0.39 is 0 Å². The molecule has 0 saturated carbocycles. The number of benzene rings is 1. The van der Waals surface area contributed by atoms with E-state index in [2.05, 4.69) is 31.0 Å². The molecule has 2 aromatic rings. The van der Waals surface area contributed by atoms with Crippen LogP contribution in [0.25, 0.3) is 0 Å². The quantitative estimate of drug-likeness (QED) is 0.909. The lowest BCUT2D eigenvalue weighted by molar-refractivity contribution is 0.230. The van der Waals surface area contributed by atoms with E-state index in [1.54, 1.807) is 0 Å². The van der Waals surface area contributed by atoms with Crippen LogP contribution in [0.15, 0.2) is 34.7 Å². The first-order valence-electron chi connectivity index (χ1n) is 6.75. The standard InChI is InChI=1S/C16H21ClN2O/c1-11-7-15(20-16(11)9-18)10-19(3)12(2)13-5-4-6-14(17)8-13/h4-8,12H,9-10,18H2,1-3H3. The number of nitrogens with zero attached hydrogens (tertiary/aromatic N) is 1. The molecule has 0 aliphatic heterocycles. The van der Waals surface area contributed by atoms with Crippen LogP contribution in [0.1, 0.15) is 35.6 Å². The number of rotatable bonds is 5. The zero-order valence-electron chi connectivity index (χ0n) is 12.2. The molecule has 1 heterocycles. The van der Waals surface area contributed by atoms with Gasteiger partial charge >= 0.3 is 0 Å². The van der Waals surface area contributed by atoms with Crippen molar-refractivity contribution >= 4 is 11.6 Å². The number of aryl methyl sites for hydroxylation is 1. The van der Waals surface area contributed by atoms with E-state index in [4.69, 9.17) is 21.8 Å². The number of hydrogen-bond donors (Lipinski definition) is 1. The first kappa shape index (κ1) is 15.1. The molecule has 0 spiro atoms. The first-order chi connectivity index (χ1) is 9.51. The summed E-state index contributed by atoms with van der Waals surface area (Å²) < 4.78 is 5.75. The molecule has 1 aromatic heterocycles. The Labute approximate surface area is 125 Å². The summed E-state index contributed by atoms with van der Waals surface area (Å²) in [6.45, 7) is 5.37. The van der Waals surface area contributed by atoms with Gasteiger partial charge in [0.1, 0.15) is 11.5 Å². The number of halogens is 1. The van der Waals surface area contributed by atoms with Crippen LogP contribution < -0.4 is 5.73 Å². The van der Waals surface area contributed by atoms with Gasteiger partial charge in [-0.2, -0.15) is 0 Å². The molecule has 2 rings (SSSR count). The van der Waals surface area contributed by atoms with Crippen molar-refractivity contribution in [3.05, 3.63) is 58.0 Å². The van der Waals surface area contributed by atoms with E-state index in [1.807, 2.05) is 25.1 Å². The second kappa shape index (κ2) is 6.44. The highest BCUT2D eigenvalue weighted by Crippen LogP contribution is 2.24. The van der Waals surface area contributed by atoms with Crippen LogP contribution >= 0.6 is 11.6 Å². The van der Waals surface area contributed by atoms with Gasteiger partial charge in [-0.3, -0.25) is 4.90 Å². The Hall–Kier alpha value is -1.29. The zero-order chi connectivity index (χ0) is 14.7. The fourth-order valence-corrected chi connectivity index (χ4v) is 2.47. The van der Waals surface area contributed by atoms with Crippen molar-refractivity contribution < 1.29 is 4.42 Å². The molecule has 2 N–H and O–H groups in total. The van der Waals surface area contributed by atoms with Crippen LogP contribution in [0, 0.1) is 6.92 Å². The van der Waals surface area contributed by atoms with E-state index in [9.17, 15) is 0 Å². The molecule has 0 fully saturated rings. The summed E-state index contributed by atoms with van der Waals surface area (Å²) >= 11 is 6.05. The van der Waals surface area contributed by atoms with Gasteiger partial charge in [-0.05, 0) is 50.2 Å². The van der Waals surface area contributed by atoms with Crippen LogP contribution in [0.4, 0.5) is 0 Å². The van der Waals surface area contributed by atoms with E-state index in [0.29, 0.717) is 6.54 Å². The van der Waals surface area contributed by atoms with Gasteiger partial charge in [0.05, 0.1) is 13.1 Å². The number of nitrogens with two attached hydrogens (primary N) is 1. The average Bonchev–Trinajstić information content (AvgIpc) is 2.77. The van der Waals surface area contributed by atoms with Gasteiger partial charge in [0, 0.05) is 11.1 Å². The first-order valence-corrected chi connectivity index (χ1v) is 7.13. The molecule has 1 unspecified atom stereocenters. The minimum absolute atomic E-state index is 0.264. The predicted molar refractivity (Wildman–Crippen MR) is 82.7 cm³/mol. The Morgan fingerprint density at radius 1 is 1.35 bits per heavy atom. The van der Waals surface area contributed by atoms with Crippen molar-refractivity contribution in [2.45, 2.75) is 33.0 Å². The van der Waals surface area contributed by atoms with Gasteiger partial charge in [0.25, 0.3) is 0 Å². The van der Waals surface area contributed by atoms with E-state index in [-0.39, 0.29) is 6.04 Å². The van der Waals surface area contributed by atoms with E-state index in [1.165, 1.54) is 5.56 Å². The monoisotopic (exact) mass is 292 g/mol. The fraction of sp³-hybridized carbons (Fsp3) is 0.375. The summed E-state index contributed by atoms with van der Waals surface area (Å²) in [5, 5.41) is 0.766. The van der Waals surface area contributed by atoms with Crippen molar-refractivity contribution in [3.63, 3.8) is 0 Å². The molecule has 0 aliphatic rings. The molecule has 0 bridgehead atoms. The highest BCUT2D eigenvalue weighted by Gasteiger charge is 2.15. The highest BCUT2D eigenvalue weighted by molar-refractivity contribution is 6.30. The average molecular weight is 293 g/mol. The molecular weight excluding hydrogens is 272 g/mol. The Kier molecular flexibility index (Phi) is 4.86. The van der Waals surface area contributed by atoms with Gasteiger partial charge in [0.15, 0.2) is 0 Å². The third-order valence-electron chi connectivity index (χ3n) is 3.65. The lowest BCUT2D eigenvalue weighted by atomic mass is 10.1. The van der Waals surface area contributed by atoms with Gasteiger partial charge in [-0.15, -0.1) is 0 Å². The number of hydrogen-bond acceptors (Lipinski definition) is 3. The van der Waals surface area contributed by atoms with Crippen molar-refractivity contribution in [3.8, 4) is 0 Å². The molecule has 0 aliphatic carbocycles. The smallest absolute Gasteiger partial charge is 0.120 e. The molecule has 3 nitrogen and oxygen atoms in total. The minimum Gasteiger partial charge on any atom is -0.463 e. The van der Waals surface area contributed by atoms with Crippen molar-refractivity contribution in [2.24, 2.45) is 5.73 Å².